The molecule has 0 aromatic carbocycles. The molecule has 0 unspecified atom stereocenters. The molecule has 23 heavy (non-hydrogen) atoms. The van der Waals surface area contributed by atoms with Gasteiger partial charge in [0, 0.05) is 25.8 Å². The summed E-state index contributed by atoms with van der Waals surface area (Å²) in [5, 5.41) is 10.6. The monoisotopic (exact) mass is 315 g/mol. The van der Waals surface area contributed by atoms with Gasteiger partial charge in [0.2, 0.25) is 0 Å². The Morgan fingerprint density at radius 3 is 2.74 bits per heavy atom. The van der Waals surface area contributed by atoms with Crippen LogP contribution in [0.1, 0.15) is 48.4 Å². The molecule has 0 atom stereocenters. The molecule has 0 aliphatic heterocycles. The average Bonchev–Trinajstić information content (AvgIpc) is 2.96. The van der Waals surface area contributed by atoms with Gasteiger partial charge in [0.1, 0.15) is 11.5 Å². The number of aromatic nitrogens is 3. The summed E-state index contributed by atoms with van der Waals surface area (Å²) in [6.07, 6.45) is 1.77. The van der Waals surface area contributed by atoms with E-state index < -0.39 is 0 Å². The maximum absolute atomic E-state index is 12.3. The van der Waals surface area contributed by atoms with E-state index in [1.807, 2.05) is 32.0 Å². The molecule has 2 heterocycles. The highest BCUT2D eigenvalue weighted by Crippen LogP contribution is 2.14. The number of carbonyl (C=O) groups is 1. The second-order valence-electron chi connectivity index (χ2n) is 5.83. The van der Waals surface area contributed by atoms with Gasteiger partial charge in [0.25, 0.3) is 5.91 Å². The lowest BCUT2D eigenvalue weighted by Gasteiger charge is -2.08. The van der Waals surface area contributed by atoms with Crippen LogP contribution >= 0.6 is 0 Å². The van der Waals surface area contributed by atoms with E-state index >= 15 is 0 Å². The van der Waals surface area contributed by atoms with Crippen molar-refractivity contribution in [1.29, 1.82) is 0 Å². The lowest BCUT2D eigenvalue weighted by molar-refractivity contribution is 0.0944. The minimum absolute atomic E-state index is 0.0924. The Morgan fingerprint density at radius 2 is 2.09 bits per heavy atom. The Balaban J connectivity index is 1.87. The molecule has 0 bridgehead atoms. The van der Waals surface area contributed by atoms with Crippen LogP contribution in [0.15, 0.2) is 24.4 Å². The number of aryl methyl sites for hydroxylation is 2. The van der Waals surface area contributed by atoms with Gasteiger partial charge in [-0.05, 0) is 43.5 Å². The normalized spacial score (nSPS) is 10.8. The van der Waals surface area contributed by atoms with Crippen LogP contribution in [0.2, 0.25) is 0 Å². The largest absolute Gasteiger partial charge is 0.368 e. The van der Waals surface area contributed by atoms with Crippen molar-refractivity contribution in [2.75, 3.05) is 18.4 Å². The van der Waals surface area contributed by atoms with Crippen molar-refractivity contribution in [3.05, 3.63) is 41.3 Å². The first-order valence-corrected chi connectivity index (χ1v) is 8.03. The Kier molecular flexibility index (Phi) is 5.73. The zero-order valence-corrected chi connectivity index (χ0v) is 14.3. The predicted octanol–water partition coefficient (Wildman–Crippen LogP) is 2.57. The highest BCUT2D eigenvalue weighted by Gasteiger charge is 2.15. The van der Waals surface area contributed by atoms with Crippen molar-refractivity contribution in [1.82, 2.24) is 20.1 Å². The van der Waals surface area contributed by atoms with Gasteiger partial charge in [0.15, 0.2) is 0 Å². The number of pyridine rings is 1. The number of hydrogen-bond donors (Lipinski definition) is 2. The van der Waals surface area contributed by atoms with E-state index in [9.17, 15) is 4.79 Å². The van der Waals surface area contributed by atoms with Crippen LogP contribution in [0.3, 0.4) is 0 Å². The summed E-state index contributed by atoms with van der Waals surface area (Å²) in [5.74, 6) is 1.04. The van der Waals surface area contributed by atoms with Crippen LogP contribution < -0.4 is 10.6 Å². The summed E-state index contributed by atoms with van der Waals surface area (Å²) in [6.45, 7) is 9.98. The Bertz CT molecular complexity index is 663. The Morgan fingerprint density at radius 1 is 1.30 bits per heavy atom. The lowest BCUT2D eigenvalue weighted by atomic mass is 10.1. The molecule has 0 aliphatic rings. The molecule has 2 aromatic rings. The van der Waals surface area contributed by atoms with E-state index in [1.165, 1.54) is 0 Å². The van der Waals surface area contributed by atoms with Gasteiger partial charge in [-0.2, -0.15) is 5.10 Å². The first-order valence-electron chi connectivity index (χ1n) is 8.03. The van der Waals surface area contributed by atoms with Gasteiger partial charge in [0.05, 0.1) is 5.69 Å². The third-order valence-corrected chi connectivity index (χ3v) is 3.55. The quantitative estimate of drug-likeness (QED) is 0.770. The van der Waals surface area contributed by atoms with Gasteiger partial charge in [-0.3, -0.25) is 9.48 Å². The van der Waals surface area contributed by atoms with Crippen molar-refractivity contribution >= 4 is 11.7 Å². The van der Waals surface area contributed by atoms with E-state index in [2.05, 4.69) is 34.6 Å². The number of anilines is 1. The zero-order chi connectivity index (χ0) is 16.8. The lowest BCUT2D eigenvalue weighted by Crippen LogP contribution is -2.30. The fourth-order valence-electron chi connectivity index (χ4n) is 2.23. The molecule has 1 amide bonds. The number of nitrogens with one attached hydrogen (secondary N) is 2. The van der Waals surface area contributed by atoms with Crippen LogP contribution in [0.4, 0.5) is 5.82 Å². The third kappa shape index (κ3) is 4.55. The molecular weight excluding hydrogens is 290 g/mol. The second kappa shape index (κ2) is 7.76. The highest BCUT2D eigenvalue weighted by atomic mass is 16.2. The summed E-state index contributed by atoms with van der Waals surface area (Å²) in [5.41, 5.74) is 2.71. The van der Waals surface area contributed by atoms with Crippen molar-refractivity contribution in [3.63, 3.8) is 0 Å². The Hall–Kier alpha value is -2.37. The minimum atomic E-state index is -0.0924. The van der Waals surface area contributed by atoms with Crippen molar-refractivity contribution < 1.29 is 4.79 Å². The second-order valence-corrected chi connectivity index (χ2v) is 5.83. The van der Waals surface area contributed by atoms with Crippen LogP contribution in [-0.4, -0.2) is 33.8 Å². The van der Waals surface area contributed by atoms with E-state index in [1.54, 1.807) is 10.9 Å². The number of amides is 1. The maximum Gasteiger partial charge on any atom is 0.269 e. The molecule has 6 nitrogen and oxygen atoms in total. The fraction of sp³-hybridized carbons (Fsp3) is 0.471. The van der Waals surface area contributed by atoms with Gasteiger partial charge < -0.3 is 10.6 Å². The third-order valence-electron chi connectivity index (χ3n) is 3.55. The summed E-state index contributed by atoms with van der Waals surface area (Å²) in [7, 11) is 0. The summed E-state index contributed by atoms with van der Waals surface area (Å²) >= 11 is 0. The molecule has 0 aliphatic carbocycles. The smallest absolute Gasteiger partial charge is 0.269 e. The Labute approximate surface area is 137 Å². The molecule has 0 saturated heterocycles. The molecule has 0 radical (unpaired) electrons. The van der Waals surface area contributed by atoms with Crippen LogP contribution in [0, 0.1) is 6.92 Å². The topological polar surface area (TPSA) is 71.8 Å². The van der Waals surface area contributed by atoms with Crippen molar-refractivity contribution in [3.8, 4) is 0 Å². The molecule has 2 aromatic heterocycles. The molecule has 0 fully saturated rings. The van der Waals surface area contributed by atoms with Gasteiger partial charge in [-0.1, -0.05) is 13.8 Å². The maximum atomic E-state index is 12.3. The average molecular weight is 315 g/mol. The molecule has 0 saturated carbocycles. The summed E-state index contributed by atoms with van der Waals surface area (Å²) in [4.78, 5) is 16.5. The van der Waals surface area contributed by atoms with E-state index in [0.717, 1.165) is 17.1 Å². The van der Waals surface area contributed by atoms with Crippen LogP contribution in [-0.2, 0) is 6.54 Å². The molecule has 2 N–H and O–H groups in total. The van der Waals surface area contributed by atoms with E-state index in [-0.39, 0.29) is 5.91 Å². The number of rotatable bonds is 7. The fourth-order valence-corrected chi connectivity index (χ4v) is 2.23. The first-order chi connectivity index (χ1) is 11.0. The predicted molar refractivity (Wildman–Crippen MR) is 91.8 cm³/mol. The minimum Gasteiger partial charge on any atom is -0.368 e. The summed E-state index contributed by atoms with van der Waals surface area (Å²) < 4.78 is 1.75. The summed E-state index contributed by atoms with van der Waals surface area (Å²) in [6, 6.07) is 5.80. The SMILES string of the molecule is CCn1nc(C(C)C)cc1C(=O)NCCNc1cc(C)ccn1. The molecule has 124 valence electrons. The first kappa shape index (κ1) is 17.0. The van der Waals surface area contributed by atoms with Crippen LogP contribution in [0.5, 0.6) is 0 Å². The molecule has 2 rings (SSSR count). The zero-order valence-electron chi connectivity index (χ0n) is 14.3. The van der Waals surface area contributed by atoms with E-state index in [0.29, 0.717) is 31.2 Å². The number of carbonyl (C=O) groups excluding carboxylic acids is 1. The number of nitrogens with zero attached hydrogens (tertiary/aromatic N) is 3. The van der Waals surface area contributed by atoms with Gasteiger partial charge in [-0.15, -0.1) is 0 Å². The van der Waals surface area contributed by atoms with Gasteiger partial charge >= 0.3 is 0 Å². The molecule has 0 spiro atoms. The standard InChI is InChI=1S/C17H25N5O/c1-5-22-15(11-14(21-22)12(2)3)17(23)20-9-8-19-16-10-13(4)6-7-18-16/h6-7,10-12H,5,8-9H2,1-4H3,(H,18,19)(H,20,23). The highest BCUT2D eigenvalue weighted by molar-refractivity contribution is 5.92. The van der Waals surface area contributed by atoms with E-state index in [4.69, 9.17) is 0 Å². The number of hydrogen-bond acceptors (Lipinski definition) is 4. The molecular formula is C17H25N5O. The molecule has 6 heteroatoms. The van der Waals surface area contributed by atoms with Crippen LogP contribution in [0.25, 0.3) is 0 Å². The van der Waals surface area contributed by atoms with Gasteiger partial charge in [-0.25, -0.2) is 4.98 Å². The van der Waals surface area contributed by atoms with Crippen molar-refractivity contribution in [2.45, 2.75) is 40.2 Å². The van der Waals surface area contributed by atoms with Crippen molar-refractivity contribution in [2.24, 2.45) is 0 Å².